The van der Waals surface area contributed by atoms with Gasteiger partial charge >= 0.3 is 0 Å². The van der Waals surface area contributed by atoms with E-state index in [0.29, 0.717) is 4.88 Å². The Morgan fingerprint density at radius 3 is 2.96 bits per heavy atom. The van der Waals surface area contributed by atoms with Crippen molar-refractivity contribution >= 4 is 56.5 Å². The second kappa shape index (κ2) is 7.23. The zero-order valence-corrected chi connectivity index (χ0v) is 15.7. The number of nitrogens with zero attached hydrogens (tertiary/aromatic N) is 2. The molecule has 0 fully saturated rings. The average molecular weight is 390 g/mol. The van der Waals surface area contributed by atoms with Crippen LogP contribution in [0.2, 0.25) is 0 Å². The van der Waals surface area contributed by atoms with Gasteiger partial charge < -0.3 is 0 Å². The minimum Gasteiger partial charge on any atom is -0.291 e. The Morgan fingerprint density at radius 2 is 2.12 bits per heavy atom. The fraction of sp³-hybridized carbons (Fsp3) is 0.294. The zero-order chi connectivity index (χ0) is 17.2. The fourth-order valence-corrected chi connectivity index (χ4v) is 5.67. The maximum atomic E-state index is 12.1. The number of rotatable bonds is 4. The number of carbonyl (C=O) groups excluding carboxylic acids is 2. The highest BCUT2D eigenvalue weighted by Gasteiger charge is 2.20. The summed E-state index contributed by atoms with van der Waals surface area (Å²) in [6.07, 6.45) is 6.13. The second-order valence-electron chi connectivity index (χ2n) is 5.71. The Hall–Kier alpha value is -1.77. The highest BCUT2D eigenvalue weighted by molar-refractivity contribution is 8.00. The molecule has 0 spiro atoms. The van der Waals surface area contributed by atoms with Gasteiger partial charge in [-0.3, -0.25) is 14.9 Å². The third kappa shape index (κ3) is 3.47. The number of aromatic nitrogens is 2. The van der Waals surface area contributed by atoms with E-state index in [-0.39, 0.29) is 17.6 Å². The summed E-state index contributed by atoms with van der Waals surface area (Å²) in [7, 11) is 0. The molecule has 1 aliphatic carbocycles. The lowest BCUT2D eigenvalue weighted by Crippen LogP contribution is -2.31. The Kier molecular flexibility index (Phi) is 4.82. The van der Waals surface area contributed by atoms with Crippen LogP contribution in [0.15, 0.2) is 28.9 Å². The van der Waals surface area contributed by atoms with Crippen LogP contribution >= 0.6 is 34.4 Å². The zero-order valence-electron chi connectivity index (χ0n) is 13.3. The van der Waals surface area contributed by atoms with Crippen LogP contribution in [0.5, 0.6) is 0 Å². The Morgan fingerprint density at radius 1 is 1.24 bits per heavy atom. The number of thioether (sulfide) groups is 1. The molecule has 5 nitrogen and oxygen atoms in total. The standard InChI is InChI=1S/C17H15N3O2S3/c21-13(20-15(22)12-6-3-7-23-12)8-24-16-14-10-4-1-2-5-11(10)25-17(14)19-9-18-16/h3,6-7,9H,1-2,4-5,8H2,(H,20,21,22). The molecule has 1 N–H and O–H groups in total. The van der Waals surface area contributed by atoms with Crippen molar-refractivity contribution in [3.05, 3.63) is 39.2 Å². The number of imide groups is 1. The number of carbonyl (C=O) groups is 2. The Balaban J connectivity index is 1.48. The van der Waals surface area contributed by atoms with Crippen LogP contribution in [-0.4, -0.2) is 27.5 Å². The van der Waals surface area contributed by atoms with Crippen molar-refractivity contribution in [3.8, 4) is 0 Å². The van der Waals surface area contributed by atoms with Crippen LogP contribution in [-0.2, 0) is 17.6 Å². The van der Waals surface area contributed by atoms with E-state index in [1.165, 1.54) is 46.4 Å². The third-order valence-electron chi connectivity index (χ3n) is 4.05. The second-order valence-corrected chi connectivity index (χ2v) is 8.71. The Bertz CT molecular complexity index is 934. The quantitative estimate of drug-likeness (QED) is 0.544. The third-order valence-corrected chi connectivity index (χ3v) is 7.11. The maximum Gasteiger partial charge on any atom is 0.267 e. The molecule has 4 rings (SSSR count). The van der Waals surface area contributed by atoms with Crippen molar-refractivity contribution in [2.24, 2.45) is 0 Å². The predicted octanol–water partition coefficient (Wildman–Crippen LogP) is 3.68. The molecule has 0 saturated carbocycles. The molecule has 3 heterocycles. The lowest BCUT2D eigenvalue weighted by atomic mass is 9.97. The molecule has 0 saturated heterocycles. The number of thiophene rings is 2. The number of hydrogen-bond donors (Lipinski definition) is 1. The molecule has 0 bridgehead atoms. The van der Waals surface area contributed by atoms with Crippen molar-refractivity contribution in [1.29, 1.82) is 0 Å². The first-order chi connectivity index (χ1) is 12.2. The van der Waals surface area contributed by atoms with Crippen molar-refractivity contribution in [3.63, 3.8) is 0 Å². The predicted molar refractivity (Wildman–Crippen MR) is 102 cm³/mol. The number of aryl methyl sites for hydroxylation is 2. The van der Waals surface area contributed by atoms with Gasteiger partial charge in [0.05, 0.1) is 10.6 Å². The van der Waals surface area contributed by atoms with Gasteiger partial charge in [-0.15, -0.1) is 22.7 Å². The van der Waals surface area contributed by atoms with Gasteiger partial charge in [-0.2, -0.15) is 0 Å². The molecular weight excluding hydrogens is 374 g/mol. The minimum atomic E-state index is -0.346. The molecule has 0 aromatic carbocycles. The van der Waals surface area contributed by atoms with E-state index < -0.39 is 0 Å². The van der Waals surface area contributed by atoms with Gasteiger partial charge in [-0.1, -0.05) is 17.8 Å². The molecule has 1 aliphatic rings. The van der Waals surface area contributed by atoms with E-state index >= 15 is 0 Å². The summed E-state index contributed by atoms with van der Waals surface area (Å²) >= 11 is 4.42. The molecule has 3 aromatic rings. The summed E-state index contributed by atoms with van der Waals surface area (Å²) in [5.74, 6) is -0.492. The van der Waals surface area contributed by atoms with Crippen LogP contribution in [0, 0.1) is 0 Å². The molecule has 25 heavy (non-hydrogen) atoms. The number of hydrogen-bond acceptors (Lipinski definition) is 7. The van der Waals surface area contributed by atoms with Crippen LogP contribution in [0.4, 0.5) is 0 Å². The highest BCUT2D eigenvalue weighted by Crippen LogP contribution is 2.39. The van der Waals surface area contributed by atoms with E-state index in [0.717, 1.165) is 28.1 Å². The molecule has 2 amide bonds. The van der Waals surface area contributed by atoms with Gasteiger partial charge in [-0.25, -0.2) is 9.97 Å². The molecule has 0 unspecified atom stereocenters. The van der Waals surface area contributed by atoms with Crippen molar-refractivity contribution in [2.45, 2.75) is 30.7 Å². The average Bonchev–Trinajstić information content (AvgIpc) is 3.27. The summed E-state index contributed by atoms with van der Waals surface area (Å²) in [4.78, 5) is 35.8. The summed E-state index contributed by atoms with van der Waals surface area (Å²) in [6, 6.07) is 3.49. The molecule has 0 atom stereocenters. The summed E-state index contributed by atoms with van der Waals surface area (Å²) < 4.78 is 0. The number of nitrogens with one attached hydrogen (secondary N) is 1. The molecule has 3 aromatic heterocycles. The lowest BCUT2D eigenvalue weighted by Gasteiger charge is -2.11. The topological polar surface area (TPSA) is 72.0 Å². The first-order valence-corrected chi connectivity index (χ1v) is 10.7. The van der Waals surface area contributed by atoms with Crippen LogP contribution < -0.4 is 5.32 Å². The van der Waals surface area contributed by atoms with E-state index in [2.05, 4.69) is 15.3 Å². The van der Waals surface area contributed by atoms with Crippen LogP contribution in [0.25, 0.3) is 10.2 Å². The molecule has 128 valence electrons. The van der Waals surface area contributed by atoms with Crippen molar-refractivity contribution < 1.29 is 9.59 Å². The first kappa shape index (κ1) is 16.7. The molecule has 0 radical (unpaired) electrons. The van der Waals surface area contributed by atoms with Gasteiger partial charge in [0, 0.05) is 10.3 Å². The fourth-order valence-electron chi connectivity index (χ4n) is 2.94. The van der Waals surface area contributed by atoms with Crippen LogP contribution in [0.3, 0.4) is 0 Å². The normalized spacial score (nSPS) is 13.6. The van der Waals surface area contributed by atoms with Gasteiger partial charge in [0.2, 0.25) is 5.91 Å². The molecule has 8 heteroatoms. The van der Waals surface area contributed by atoms with Gasteiger partial charge in [-0.05, 0) is 42.7 Å². The maximum absolute atomic E-state index is 12.1. The lowest BCUT2D eigenvalue weighted by molar-refractivity contribution is -0.117. The monoisotopic (exact) mass is 389 g/mol. The minimum absolute atomic E-state index is 0.161. The van der Waals surface area contributed by atoms with Gasteiger partial charge in [0.25, 0.3) is 5.91 Å². The van der Waals surface area contributed by atoms with Crippen LogP contribution in [0.1, 0.15) is 33.0 Å². The van der Waals surface area contributed by atoms with E-state index in [1.54, 1.807) is 29.8 Å². The number of amides is 2. The first-order valence-electron chi connectivity index (χ1n) is 7.98. The van der Waals surface area contributed by atoms with Crippen molar-refractivity contribution in [1.82, 2.24) is 15.3 Å². The largest absolute Gasteiger partial charge is 0.291 e. The molecule has 0 aliphatic heterocycles. The molecular formula is C17H15N3O2S3. The van der Waals surface area contributed by atoms with Crippen molar-refractivity contribution in [2.75, 3.05) is 5.75 Å². The number of fused-ring (bicyclic) bond motifs is 3. The van der Waals surface area contributed by atoms with E-state index in [4.69, 9.17) is 0 Å². The Labute approximate surface area is 156 Å². The SMILES string of the molecule is O=C(CSc1ncnc2sc3c(c12)CCCC3)NC(=O)c1cccs1. The van der Waals surface area contributed by atoms with E-state index in [1.807, 2.05) is 5.38 Å². The smallest absolute Gasteiger partial charge is 0.267 e. The van der Waals surface area contributed by atoms with E-state index in [9.17, 15) is 9.59 Å². The summed E-state index contributed by atoms with van der Waals surface area (Å²) in [5, 5.41) is 6.18. The van der Waals surface area contributed by atoms with Gasteiger partial charge in [0.15, 0.2) is 0 Å². The van der Waals surface area contributed by atoms with Gasteiger partial charge in [0.1, 0.15) is 16.2 Å². The summed E-state index contributed by atoms with van der Waals surface area (Å²) in [6.45, 7) is 0. The summed E-state index contributed by atoms with van der Waals surface area (Å²) in [5.41, 5.74) is 1.35. The highest BCUT2D eigenvalue weighted by atomic mass is 32.2.